The van der Waals surface area contributed by atoms with Gasteiger partial charge in [0.2, 0.25) is 0 Å². The van der Waals surface area contributed by atoms with E-state index in [1.807, 2.05) is 5.38 Å². The van der Waals surface area contributed by atoms with Crippen LogP contribution in [0, 0.1) is 10.1 Å². The largest absolute Gasteiger partial charge is 0.478 e. The molecule has 8 heteroatoms. The van der Waals surface area contributed by atoms with Gasteiger partial charge in [0.05, 0.1) is 16.3 Å². The third-order valence-corrected chi connectivity index (χ3v) is 3.79. The number of nitro groups is 1. The summed E-state index contributed by atoms with van der Waals surface area (Å²) in [6.07, 6.45) is 4.30. The summed E-state index contributed by atoms with van der Waals surface area (Å²) in [4.78, 5) is 26.2. The molecular weight excluding hydrogens is 306 g/mol. The quantitative estimate of drug-likeness (QED) is 0.453. The number of nitro benzene ring substituents is 1. The number of benzene rings is 1. The van der Waals surface area contributed by atoms with E-state index in [2.05, 4.69) is 4.98 Å². The molecule has 110 valence electrons. The number of carboxylic acids is 1. The first-order chi connectivity index (χ1) is 10.6. The number of aromatic nitrogens is 2. The van der Waals surface area contributed by atoms with Crippen LogP contribution in [0.2, 0.25) is 0 Å². The maximum atomic E-state index is 10.7. The van der Waals surface area contributed by atoms with E-state index >= 15 is 0 Å². The second kappa shape index (κ2) is 5.41. The van der Waals surface area contributed by atoms with E-state index in [1.54, 1.807) is 22.7 Å². The molecule has 0 amide bonds. The number of non-ortho nitro benzene ring substituents is 1. The molecule has 3 rings (SSSR count). The van der Waals surface area contributed by atoms with Gasteiger partial charge in [0, 0.05) is 35.3 Å². The number of thiazole rings is 1. The first-order valence-electron chi connectivity index (χ1n) is 6.17. The molecule has 3 aromatic rings. The highest BCUT2D eigenvalue weighted by Crippen LogP contribution is 2.28. The molecule has 0 fully saturated rings. The number of fused-ring (bicyclic) bond motifs is 1. The molecule has 2 aromatic heterocycles. The Bertz CT molecular complexity index is 893. The van der Waals surface area contributed by atoms with E-state index in [-0.39, 0.29) is 5.69 Å². The third-order valence-electron chi connectivity index (χ3n) is 3.03. The molecule has 0 atom stereocenters. The van der Waals surface area contributed by atoms with Gasteiger partial charge in [-0.3, -0.25) is 14.5 Å². The highest BCUT2D eigenvalue weighted by molar-refractivity contribution is 7.15. The molecule has 1 aromatic carbocycles. The molecule has 0 saturated carbocycles. The van der Waals surface area contributed by atoms with E-state index in [9.17, 15) is 14.9 Å². The highest BCUT2D eigenvalue weighted by Gasteiger charge is 2.14. The molecule has 0 saturated heterocycles. The van der Waals surface area contributed by atoms with Crippen molar-refractivity contribution in [2.75, 3.05) is 0 Å². The standard InChI is InChI=1S/C14H9N3O4S/c18-12(19)6-5-11-13(15-14-16(11)7-8-22-14)9-1-3-10(4-2-9)17(20)21/h1-8H,(H,18,19). The van der Waals surface area contributed by atoms with Crippen molar-refractivity contribution in [3.63, 3.8) is 0 Å². The summed E-state index contributed by atoms with van der Waals surface area (Å²) in [6, 6.07) is 5.99. The van der Waals surface area contributed by atoms with Gasteiger partial charge in [-0.05, 0) is 18.2 Å². The van der Waals surface area contributed by atoms with Crippen LogP contribution in [0.3, 0.4) is 0 Å². The van der Waals surface area contributed by atoms with Crippen LogP contribution < -0.4 is 0 Å². The fourth-order valence-electron chi connectivity index (χ4n) is 2.07. The molecule has 0 aliphatic carbocycles. The molecule has 0 aliphatic heterocycles. The Kier molecular flexibility index (Phi) is 3.43. The monoisotopic (exact) mass is 315 g/mol. The number of aliphatic carboxylic acids is 1. The maximum Gasteiger partial charge on any atom is 0.328 e. The van der Waals surface area contributed by atoms with Crippen LogP contribution in [0.4, 0.5) is 5.69 Å². The summed E-state index contributed by atoms with van der Waals surface area (Å²) in [5.41, 5.74) is 1.88. The lowest BCUT2D eigenvalue weighted by atomic mass is 10.1. The van der Waals surface area contributed by atoms with Crippen LogP contribution in [0.1, 0.15) is 5.69 Å². The third kappa shape index (κ3) is 2.47. The first-order valence-corrected chi connectivity index (χ1v) is 7.05. The molecule has 0 aliphatic rings. The van der Waals surface area contributed by atoms with Crippen molar-refractivity contribution in [3.8, 4) is 11.3 Å². The normalized spacial score (nSPS) is 11.3. The van der Waals surface area contributed by atoms with Crippen LogP contribution in [0.15, 0.2) is 41.9 Å². The van der Waals surface area contributed by atoms with E-state index in [0.717, 1.165) is 11.0 Å². The summed E-state index contributed by atoms with van der Waals surface area (Å²) in [6.45, 7) is 0. The fourth-order valence-corrected chi connectivity index (χ4v) is 2.79. The van der Waals surface area contributed by atoms with E-state index in [4.69, 9.17) is 5.11 Å². The molecular formula is C14H9N3O4S. The lowest BCUT2D eigenvalue weighted by molar-refractivity contribution is -0.384. The van der Waals surface area contributed by atoms with Gasteiger partial charge < -0.3 is 5.11 Å². The number of nitrogens with zero attached hydrogens (tertiary/aromatic N) is 3. The van der Waals surface area contributed by atoms with E-state index in [0.29, 0.717) is 17.0 Å². The summed E-state index contributed by atoms with van der Waals surface area (Å²) >= 11 is 1.42. The van der Waals surface area contributed by atoms with E-state index in [1.165, 1.54) is 29.5 Å². The predicted molar refractivity (Wildman–Crippen MR) is 81.8 cm³/mol. The van der Waals surface area contributed by atoms with Gasteiger partial charge in [-0.25, -0.2) is 9.78 Å². The maximum absolute atomic E-state index is 10.7. The van der Waals surface area contributed by atoms with Gasteiger partial charge in [0.15, 0.2) is 4.96 Å². The number of imidazole rings is 1. The van der Waals surface area contributed by atoms with Crippen molar-refractivity contribution in [1.29, 1.82) is 0 Å². The van der Waals surface area contributed by atoms with Gasteiger partial charge in [0.25, 0.3) is 5.69 Å². The Morgan fingerprint density at radius 3 is 2.73 bits per heavy atom. The minimum atomic E-state index is -1.06. The first kappa shape index (κ1) is 14.0. The van der Waals surface area contributed by atoms with Crippen LogP contribution in [-0.4, -0.2) is 25.4 Å². The number of hydrogen-bond acceptors (Lipinski definition) is 5. The van der Waals surface area contributed by atoms with Crippen molar-refractivity contribution < 1.29 is 14.8 Å². The van der Waals surface area contributed by atoms with E-state index < -0.39 is 10.9 Å². The molecule has 0 unspecified atom stereocenters. The lowest BCUT2D eigenvalue weighted by Crippen LogP contribution is -1.90. The summed E-state index contributed by atoms with van der Waals surface area (Å²) in [5.74, 6) is -1.06. The number of hydrogen-bond donors (Lipinski definition) is 1. The number of rotatable bonds is 4. The van der Waals surface area contributed by atoms with Gasteiger partial charge in [-0.15, -0.1) is 11.3 Å². The molecule has 0 spiro atoms. The number of carbonyl (C=O) groups is 1. The Hall–Kier alpha value is -3.00. The smallest absolute Gasteiger partial charge is 0.328 e. The molecule has 22 heavy (non-hydrogen) atoms. The summed E-state index contributed by atoms with van der Waals surface area (Å²) in [7, 11) is 0. The van der Waals surface area contributed by atoms with Crippen LogP contribution in [0.25, 0.3) is 22.3 Å². The zero-order valence-electron chi connectivity index (χ0n) is 11.0. The second-order valence-electron chi connectivity index (χ2n) is 4.38. The zero-order valence-corrected chi connectivity index (χ0v) is 11.9. The van der Waals surface area contributed by atoms with Crippen molar-refractivity contribution in [1.82, 2.24) is 9.38 Å². The van der Waals surface area contributed by atoms with Gasteiger partial charge in [0.1, 0.15) is 0 Å². The fraction of sp³-hybridized carbons (Fsp3) is 0. The SMILES string of the molecule is O=C(O)C=Cc1c(-c2ccc([N+](=O)[O-])cc2)nc2sccn12. The average Bonchev–Trinajstić information content (AvgIpc) is 3.06. The van der Waals surface area contributed by atoms with Crippen molar-refractivity contribution >= 4 is 34.0 Å². The highest BCUT2D eigenvalue weighted by atomic mass is 32.1. The van der Waals surface area contributed by atoms with Gasteiger partial charge in [-0.1, -0.05) is 0 Å². The molecule has 0 bridgehead atoms. The minimum absolute atomic E-state index is 0.00704. The van der Waals surface area contributed by atoms with Crippen molar-refractivity contribution in [2.45, 2.75) is 0 Å². The Morgan fingerprint density at radius 1 is 1.36 bits per heavy atom. The lowest BCUT2D eigenvalue weighted by Gasteiger charge is -2.00. The minimum Gasteiger partial charge on any atom is -0.478 e. The Morgan fingerprint density at radius 2 is 2.09 bits per heavy atom. The van der Waals surface area contributed by atoms with Crippen LogP contribution in [-0.2, 0) is 4.79 Å². The predicted octanol–water partition coefficient (Wildman–Crippen LogP) is 3.07. The van der Waals surface area contributed by atoms with Gasteiger partial charge >= 0.3 is 5.97 Å². The average molecular weight is 315 g/mol. The van der Waals surface area contributed by atoms with Crippen LogP contribution >= 0.6 is 11.3 Å². The molecule has 1 N–H and O–H groups in total. The van der Waals surface area contributed by atoms with Gasteiger partial charge in [-0.2, -0.15) is 0 Å². The Balaban J connectivity index is 2.13. The topological polar surface area (TPSA) is 97.7 Å². The Labute approximate surface area is 127 Å². The van der Waals surface area contributed by atoms with Crippen LogP contribution in [0.5, 0.6) is 0 Å². The summed E-state index contributed by atoms with van der Waals surface area (Å²) in [5, 5.41) is 21.4. The van der Waals surface area contributed by atoms with Crippen molar-refractivity contribution in [2.24, 2.45) is 0 Å². The summed E-state index contributed by atoms with van der Waals surface area (Å²) < 4.78 is 1.78. The molecule has 2 heterocycles. The zero-order chi connectivity index (χ0) is 15.7. The second-order valence-corrected chi connectivity index (χ2v) is 5.25. The number of carboxylic acid groups (broad SMARTS) is 1. The van der Waals surface area contributed by atoms with Crippen molar-refractivity contribution in [3.05, 3.63) is 57.7 Å². The molecule has 0 radical (unpaired) electrons. The molecule has 7 nitrogen and oxygen atoms in total.